The predicted octanol–water partition coefficient (Wildman–Crippen LogP) is 5.54. The number of carbonyl (C=O) groups excluding carboxylic acids is 1. The first-order valence-corrected chi connectivity index (χ1v) is 12.3. The number of aliphatic carboxylic acids is 1. The first-order chi connectivity index (χ1) is 16.3. The molecule has 184 valence electrons. The number of rotatable bonds is 12. The lowest BCUT2D eigenvalue weighted by Crippen LogP contribution is -2.22. The molecule has 3 rings (SSSR count). The van der Waals surface area contributed by atoms with Crippen molar-refractivity contribution in [2.24, 2.45) is 5.92 Å². The average molecular weight is 469 g/mol. The molecule has 0 amide bonds. The van der Waals surface area contributed by atoms with E-state index in [1.807, 2.05) is 13.0 Å². The topological polar surface area (TPSA) is 93.1 Å². The van der Waals surface area contributed by atoms with Gasteiger partial charge in [0.2, 0.25) is 0 Å². The van der Waals surface area contributed by atoms with Crippen molar-refractivity contribution in [3.63, 3.8) is 0 Å². The standard InChI is InChI=1S/C28H36O6/c1-4-7-20-15-19-9-10-21(28(31)32)16-22(19)17-26(20)34-14-6-13-33-25-12-11-23(18(3)29)27(30)24(25)8-5-2/h11-12,15,17,21,30H,4-10,13-14,16H2,1-3H3,(H,31,32). The van der Waals surface area contributed by atoms with Gasteiger partial charge in [-0.3, -0.25) is 9.59 Å². The maximum atomic E-state index is 11.7. The number of benzene rings is 2. The fourth-order valence-electron chi connectivity index (χ4n) is 4.60. The van der Waals surface area contributed by atoms with E-state index in [1.165, 1.54) is 18.1 Å². The highest BCUT2D eigenvalue weighted by atomic mass is 16.5. The number of fused-ring (bicyclic) bond motifs is 1. The van der Waals surface area contributed by atoms with Gasteiger partial charge in [0.1, 0.15) is 17.2 Å². The minimum absolute atomic E-state index is 0.0148. The van der Waals surface area contributed by atoms with E-state index < -0.39 is 5.97 Å². The largest absolute Gasteiger partial charge is 0.507 e. The molecule has 1 unspecified atom stereocenters. The number of carboxylic acid groups (broad SMARTS) is 1. The number of phenols is 1. The van der Waals surface area contributed by atoms with Gasteiger partial charge in [0.15, 0.2) is 5.78 Å². The second-order valence-electron chi connectivity index (χ2n) is 9.05. The number of Topliss-reactive ketones (excluding diaryl/α,β-unsaturated/α-hetero) is 1. The number of hydrogen-bond acceptors (Lipinski definition) is 5. The van der Waals surface area contributed by atoms with E-state index in [0.717, 1.165) is 37.0 Å². The number of phenolic OH excluding ortho intramolecular Hbond substituents is 1. The first-order valence-electron chi connectivity index (χ1n) is 12.3. The first kappa shape index (κ1) is 25.6. The molecule has 2 aromatic carbocycles. The van der Waals surface area contributed by atoms with Crippen LogP contribution in [0.25, 0.3) is 0 Å². The van der Waals surface area contributed by atoms with E-state index in [0.29, 0.717) is 55.8 Å². The Hall–Kier alpha value is -3.02. The van der Waals surface area contributed by atoms with E-state index in [4.69, 9.17) is 9.47 Å². The number of aromatic hydroxyl groups is 1. The van der Waals surface area contributed by atoms with Crippen LogP contribution in [0.4, 0.5) is 0 Å². The number of ether oxygens (including phenoxy) is 2. The monoisotopic (exact) mass is 468 g/mol. The smallest absolute Gasteiger partial charge is 0.306 e. The van der Waals surface area contributed by atoms with Crippen LogP contribution in [-0.4, -0.2) is 35.2 Å². The lowest BCUT2D eigenvalue weighted by atomic mass is 9.82. The quantitative estimate of drug-likeness (QED) is 0.314. The summed E-state index contributed by atoms with van der Waals surface area (Å²) < 4.78 is 12.1. The summed E-state index contributed by atoms with van der Waals surface area (Å²) in [7, 11) is 0. The van der Waals surface area contributed by atoms with Crippen LogP contribution < -0.4 is 9.47 Å². The molecule has 0 spiro atoms. The molecule has 1 atom stereocenters. The van der Waals surface area contributed by atoms with Crippen LogP contribution in [0.1, 0.15) is 79.1 Å². The fraction of sp³-hybridized carbons (Fsp3) is 0.500. The van der Waals surface area contributed by atoms with Gasteiger partial charge in [0.05, 0.1) is 24.7 Å². The minimum atomic E-state index is -0.729. The molecule has 0 fully saturated rings. The van der Waals surface area contributed by atoms with Gasteiger partial charge >= 0.3 is 5.97 Å². The summed E-state index contributed by atoms with van der Waals surface area (Å²) in [6, 6.07) is 7.59. The van der Waals surface area contributed by atoms with Crippen LogP contribution in [-0.2, 0) is 30.5 Å². The molecular formula is C28H36O6. The minimum Gasteiger partial charge on any atom is -0.507 e. The van der Waals surface area contributed by atoms with Crippen LogP contribution in [0.15, 0.2) is 24.3 Å². The van der Waals surface area contributed by atoms with Crippen molar-refractivity contribution in [3.05, 3.63) is 52.1 Å². The second-order valence-corrected chi connectivity index (χ2v) is 9.05. The van der Waals surface area contributed by atoms with Crippen molar-refractivity contribution in [1.82, 2.24) is 0 Å². The number of hydrogen-bond donors (Lipinski definition) is 2. The summed E-state index contributed by atoms with van der Waals surface area (Å²) >= 11 is 0. The third-order valence-corrected chi connectivity index (χ3v) is 6.40. The third kappa shape index (κ3) is 6.10. The Kier molecular flexibility index (Phi) is 8.97. The second kappa shape index (κ2) is 11.9. The molecule has 0 aromatic heterocycles. The molecule has 2 N–H and O–H groups in total. The molecule has 6 nitrogen and oxygen atoms in total. The molecule has 0 aliphatic heterocycles. The molecule has 0 saturated heterocycles. The van der Waals surface area contributed by atoms with Crippen LogP contribution in [0.3, 0.4) is 0 Å². The Morgan fingerprint density at radius 3 is 2.35 bits per heavy atom. The van der Waals surface area contributed by atoms with Gasteiger partial charge in [-0.15, -0.1) is 0 Å². The number of carboxylic acids is 1. The summed E-state index contributed by atoms with van der Waals surface area (Å²) in [5.74, 6) is 0.228. The van der Waals surface area contributed by atoms with Crippen LogP contribution in [0.5, 0.6) is 17.2 Å². The highest BCUT2D eigenvalue weighted by Crippen LogP contribution is 2.34. The fourth-order valence-corrected chi connectivity index (χ4v) is 4.60. The molecule has 0 radical (unpaired) electrons. The molecule has 34 heavy (non-hydrogen) atoms. The Balaban J connectivity index is 1.62. The van der Waals surface area contributed by atoms with Gasteiger partial charge in [-0.25, -0.2) is 0 Å². The number of ketones is 1. The van der Waals surface area contributed by atoms with Gasteiger partial charge in [0.25, 0.3) is 0 Å². The molecule has 0 heterocycles. The highest BCUT2D eigenvalue weighted by Gasteiger charge is 2.25. The van der Waals surface area contributed by atoms with E-state index in [9.17, 15) is 19.8 Å². The zero-order chi connectivity index (χ0) is 24.7. The van der Waals surface area contributed by atoms with Crippen molar-refractivity contribution in [2.45, 2.75) is 72.1 Å². The number of carbonyl (C=O) groups is 2. The van der Waals surface area contributed by atoms with Crippen molar-refractivity contribution in [3.8, 4) is 17.2 Å². The SMILES string of the molecule is CCCc1cc2c(cc1OCCCOc1ccc(C(C)=O)c(O)c1CCC)CC(C(=O)O)CC2. The van der Waals surface area contributed by atoms with Gasteiger partial charge < -0.3 is 19.7 Å². The van der Waals surface area contributed by atoms with E-state index >= 15 is 0 Å². The molecule has 2 aromatic rings. The summed E-state index contributed by atoms with van der Waals surface area (Å²) in [6.45, 7) is 6.49. The maximum absolute atomic E-state index is 11.7. The molecular weight excluding hydrogens is 432 g/mol. The summed E-state index contributed by atoms with van der Waals surface area (Å²) in [5.41, 5.74) is 4.49. The third-order valence-electron chi connectivity index (χ3n) is 6.40. The Morgan fingerprint density at radius 2 is 1.71 bits per heavy atom. The lowest BCUT2D eigenvalue weighted by molar-refractivity contribution is -0.142. The maximum Gasteiger partial charge on any atom is 0.306 e. The Labute approximate surface area is 201 Å². The highest BCUT2D eigenvalue weighted by molar-refractivity contribution is 5.97. The number of aryl methyl sites for hydroxylation is 2. The van der Waals surface area contributed by atoms with Gasteiger partial charge in [-0.2, -0.15) is 0 Å². The van der Waals surface area contributed by atoms with Crippen LogP contribution in [0.2, 0.25) is 0 Å². The van der Waals surface area contributed by atoms with E-state index in [1.54, 1.807) is 12.1 Å². The lowest BCUT2D eigenvalue weighted by Gasteiger charge is -2.24. The summed E-state index contributed by atoms with van der Waals surface area (Å²) in [4.78, 5) is 23.2. The van der Waals surface area contributed by atoms with Crippen LogP contribution >= 0.6 is 0 Å². The van der Waals surface area contributed by atoms with Crippen molar-refractivity contribution in [1.29, 1.82) is 0 Å². The summed E-state index contributed by atoms with van der Waals surface area (Å²) in [6.07, 6.45) is 6.08. The van der Waals surface area contributed by atoms with Crippen molar-refractivity contribution < 1.29 is 29.3 Å². The Morgan fingerprint density at radius 1 is 1.00 bits per heavy atom. The molecule has 0 saturated carbocycles. The van der Waals surface area contributed by atoms with Gasteiger partial charge in [0, 0.05) is 12.0 Å². The van der Waals surface area contributed by atoms with E-state index in [-0.39, 0.29) is 17.5 Å². The molecule has 6 heteroatoms. The van der Waals surface area contributed by atoms with Crippen molar-refractivity contribution in [2.75, 3.05) is 13.2 Å². The summed E-state index contributed by atoms with van der Waals surface area (Å²) in [5, 5.41) is 19.9. The average Bonchev–Trinajstić information content (AvgIpc) is 2.80. The molecule has 0 bridgehead atoms. The van der Waals surface area contributed by atoms with Crippen molar-refractivity contribution >= 4 is 11.8 Å². The predicted molar refractivity (Wildman–Crippen MR) is 131 cm³/mol. The Bertz CT molecular complexity index is 1030. The van der Waals surface area contributed by atoms with E-state index in [2.05, 4.69) is 13.0 Å². The molecule has 1 aliphatic rings. The van der Waals surface area contributed by atoms with Crippen LogP contribution in [0, 0.1) is 5.92 Å². The van der Waals surface area contributed by atoms with Gasteiger partial charge in [-0.1, -0.05) is 32.8 Å². The normalized spacial score (nSPS) is 15.0. The van der Waals surface area contributed by atoms with Gasteiger partial charge in [-0.05, 0) is 73.9 Å². The zero-order valence-electron chi connectivity index (χ0n) is 20.5. The molecule has 1 aliphatic carbocycles. The zero-order valence-corrected chi connectivity index (χ0v) is 20.5.